The molecule has 0 aromatic rings. The molecule has 3 rings (SSSR count). The molecule has 1 spiro atoms. The van der Waals surface area contributed by atoms with Gasteiger partial charge in [0.05, 0.1) is 12.0 Å². The van der Waals surface area contributed by atoms with E-state index in [1.165, 1.54) is 0 Å². The van der Waals surface area contributed by atoms with Crippen molar-refractivity contribution in [1.29, 1.82) is 0 Å². The topological polar surface area (TPSA) is 70.7 Å². The maximum atomic E-state index is 13.4. The maximum absolute atomic E-state index is 13.4. The molecule has 0 saturated carbocycles. The molecular weight excluding hydrogens is 354 g/mol. The van der Waals surface area contributed by atoms with Crippen molar-refractivity contribution in [2.45, 2.75) is 64.5 Å². The summed E-state index contributed by atoms with van der Waals surface area (Å²) in [6, 6.07) is -0.342. The number of rotatable bonds is 2. The van der Waals surface area contributed by atoms with Gasteiger partial charge in [-0.3, -0.25) is 9.59 Å². The van der Waals surface area contributed by atoms with Crippen LogP contribution in [0, 0.1) is 17.3 Å². The minimum absolute atomic E-state index is 0.0356. The Hall–Kier alpha value is -1.40. The standard InChI is InChI=1S/C22H37N3O3/c1-16(2)14-19-20(26)23-18-7-13-28-15-17(18)6-4-5-8-22(21(27)24-19)9-11-25(3)12-10-22/h4-5,16-19H,6-15H2,1-3H3,(H,23,26)(H,24,27)/b5-4+/t17-,18+,19+/m0/s1. The molecule has 2 fully saturated rings. The molecule has 0 radical (unpaired) electrons. The Morgan fingerprint density at radius 2 is 1.96 bits per heavy atom. The zero-order valence-corrected chi connectivity index (χ0v) is 17.7. The average molecular weight is 392 g/mol. The molecule has 2 N–H and O–H groups in total. The molecular formula is C22H37N3O3. The molecule has 0 aromatic heterocycles. The van der Waals surface area contributed by atoms with Crippen LogP contribution in [0.3, 0.4) is 0 Å². The summed E-state index contributed by atoms with van der Waals surface area (Å²) in [6.45, 7) is 7.40. The largest absolute Gasteiger partial charge is 0.381 e. The minimum Gasteiger partial charge on any atom is -0.381 e. The van der Waals surface area contributed by atoms with Crippen molar-refractivity contribution in [2.75, 3.05) is 33.4 Å². The fourth-order valence-corrected chi connectivity index (χ4v) is 4.67. The van der Waals surface area contributed by atoms with Crippen LogP contribution in [0.4, 0.5) is 0 Å². The molecule has 28 heavy (non-hydrogen) atoms. The van der Waals surface area contributed by atoms with Gasteiger partial charge < -0.3 is 20.3 Å². The van der Waals surface area contributed by atoms with Crippen LogP contribution >= 0.6 is 0 Å². The lowest BCUT2D eigenvalue weighted by Gasteiger charge is -2.40. The van der Waals surface area contributed by atoms with Gasteiger partial charge in [-0.2, -0.15) is 0 Å². The zero-order valence-electron chi connectivity index (χ0n) is 17.7. The van der Waals surface area contributed by atoms with Gasteiger partial charge in [-0.1, -0.05) is 26.0 Å². The Kier molecular flexibility index (Phi) is 7.15. The van der Waals surface area contributed by atoms with Crippen molar-refractivity contribution >= 4 is 11.8 Å². The molecule has 0 aliphatic carbocycles. The van der Waals surface area contributed by atoms with Gasteiger partial charge in [0, 0.05) is 18.6 Å². The third-order valence-corrected chi connectivity index (χ3v) is 6.67. The lowest BCUT2D eigenvalue weighted by Crippen LogP contribution is -2.57. The molecule has 0 bridgehead atoms. The van der Waals surface area contributed by atoms with Crippen LogP contribution in [0.1, 0.15) is 52.4 Å². The highest BCUT2D eigenvalue weighted by Crippen LogP contribution is 2.36. The molecule has 6 heteroatoms. The first-order valence-corrected chi connectivity index (χ1v) is 10.9. The van der Waals surface area contributed by atoms with E-state index in [9.17, 15) is 9.59 Å². The highest BCUT2D eigenvalue weighted by Gasteiger charge is 2.41. The van der Waals surface area contributed by atoms with Crippen molar-refractivity contribution in [1.82, 2.24) is 15.5 Å². The predicted octanol–water partition coefficient (Wildman–Crippen LogP) is 2.10. The Labute approximate surface area is 169 Å². The summed E-state index contributed by atoms with van der Waals surface area (Å²) in [7, 11) is 2.11. The third-order valence-electron chi connectivity index (χ3n) is 6.67. The number of fused-ring (bicyclic) bond motifs is 1. The SMILES string of the molecule is CC(C)C[C@H]1NC(=O)C2(C/C=C/C[C@H]3COCC[C@H]3NC1=O)CCN(C)CC2. The van der Waals surface area contributed by atoms with Crippen LogP contribution in [-0.4, -0.2) is 62.1 Å². The van der Waals surface area contributed by atoms with Gasteiger partial charge in [0.25, 0.3) is 0 Å². The summed E-state index contributed by atoms with van der Waals surface area (Å²) in [4.78, 5) is 28.7. The molecule has 3 atom stereocenters. The molecule has 2 amide bonds. The van der Waals surface area contributed by atoms with Gasteiger partial charge >= 0.3 is 0 Å². The number of hydrogen-bond donors (Lipinski definition) is 2. The Morgan fingerprint density at radius 1 is 1.21 bits per heavy atom. The van der Waals surface area contributed by atoms with E-state index in [1.807, 2.05) is 0 Å². The van der Waals surface area contributed by atoms with Crippen LogP contribution in [0.15, 0.2) is 12.2 Å². The number of amides is 2. The van der Waals surface area contributed by atoms with Crippen molar-refractivity contribution in [3.05, 3.63) is 12.2 Å². The fourth-order valence-electron chi connectivity index (χ4n) is 4.67. The number of carbonyl (C=O) groups excluding carboxylic acids is 2. The number of ether oxygens (including phenoxy) is 1. The third kappa shape index (κ3) is 5.15. The van der Waals surface area contributed by atoms with Gasteiger partial charge in [-0.05, 0) is 64.6 Å². The summed E-state index contributed by atoms with van der Waals surface area (Å²) in [6.07, 6.45) is 9.20. The molecule has 3 aliphatic rings. The van der Waals surface area contributed by atoms with Crippen LogP contribution < -0.4 is 10.6 Å². The lowest BCUT2D eigenvalue weighted by atomic mass is 9.74. The normalized spacial score (nSPS) is 33.4. The monoisotopic (exact) mass is 391 g/mol. The van der Waals surface area contributed by atoms with E-state index in [0.29, 0.717) is 31.5 Å². The van der Waals surface area contributed by atoms with Crippen LogP contribution in [-0.2, 0) is 14.3 Å². The van der Waals surface area contributed by atoms with E-state index in [2.05, 4.69) is 48.6 Å². The molecule has 0 unspecified atom stereocenters. The molecule has 3 heterocycles. The highest BCUT2D eigenvalue weighted by atomic mass is 16.5. The first-order chi connectivity index (χ1) is 13.4. The Morgan fingerprint density at radius 3 is 2.68 bits per heavy atom. The number of hydrogen-bond acceptors (Lipinski definition) is 4. The number of nitrogens with zero attached hydrogens (tertiary/aromatic N) is 1. The van der Waals surface area contributed by atoms with Crippen molar-refractivity contribution in [3.8, 4) is 0 Å². The smallest absolute Gasteiger partial charge is 0.242 e. The first-order valence-electron chi connectivity index (χ1n) is 10.9. The second-order valence-corrected chi connectivity index (χ2v) is 9.39. The van der Waals surface area contributed by atoms with E-state index < -0.39 is 11.5 Å². The van der Waals surface area contributed by atoms with E-state index in [-0.39, 0.29) is 17.9 Å². The number of nitrogens with one attached hydrogen (secondary N) is 2. The fraction of sp³-hybridized carbons (Fsp3) is 0.818. The van der Waals surface area contributed by atoms with Gasteiger partial charge in [-0.25, -0.2) is 0 Å². The number of allylic oxidation sites excluding steroid dienone is 2. The van der Waals surface area contributed by atoms with Crippen LogP contribution in [0.25, 0.3) is 0 Å². The molecule has 6 nitrogen and oxygen atoms in total. The van der Waals surface area contributed by atoms with Crippen LogP contribution in [0.5, 0.6) is 0 Å². The average Bonchev–Trinajstić information content (AvgIpc) is 2.66. The Balaban J connectivity index is 1.85. The molecule has 0 aromatic carbocycles. The quantitative estimate of drug-likeness (QED) is 0.707. The Bertz CT molecular complexity index is 582. The van der Waals surface area contributed by atoms with Gasteiger partial charge in [0.1, 0.15) is 6.04 Å². The molecule has 3 aliphatic heterocycles. The van der Waals surface area contributed by atoms with Crippen molar-refractivity contribution < 1.29 is 14.3 Å². The van der Waals surface area contributed by atoms with E-state index in [4.69, 9.17) is 4.74 Å². The van der Waals surface area contributed by atoms with E-state index >= 15 is 0 Å². The second-order valence-electron chi connectivity index (χ2n) is 9.39. The molecule has 158 valence electrons. The summed E-state index contributed by atoms with van der Waals surface area (Å²) < 4.78 is 5.67. The minimum atomic E-state index is -0.462. The van der Waals surface area contributed by atoms with E-state index in [0.717, 1.165) is 45.2 Å². The second kappa shape index (κ2) is 9.40. The number of likely N-dealkylation sites (tertiary alicyclic amines) is 1. The summed E-state index contributed by atoms with van der Waals surface area (Å²) >= 11 is 0. The lowest BCUT2D eigenvalue weighted by molar-refractivity contribution is -0.138. The zero-order chi connectivity index (χ0) is 20.1. The van der Waals surface area contributed by atoms with E-state index in [1.54, 1.807) is 0 Å². The summed E-state index contributed by atoms with van der Waals surface area (Å²) in [5, 5.41) is 6.39. The molecule has 2 saturated heterocycles. The predicted molar refractivity (Wildman–Crippen MR) is 110 cm³/mol. The summed E-state index contributed by atoms with van der Waals surface area (Å²) in [5.74, 6) is 0.654. The van der Waals surface area contributed by atoms with Gasteiger partial charge in [-0.15, -0.1) is 0 Å². The maximum Gasteiger partial charge on any atom is 0.242 e. The highest BCUT2D eigenvalue weighted by molar-refractivity contribution is 5.90. The van der Waals surface area contributed by atoms with Crippen molar-refractivity contribution in [2.24, 2.45) is 17.3 Å². The van der Waals surface area contributed by atoms with Gasteiger partial charge in [0.2, 0.25) is 11.8 Å². The van der Waals surface area contributed by atoms with Crippen molar-refractivity contribution in [3.63, 3.8) is 0 Å². The number of piperidine rings is 1. The summed E-state index contributed by atoms with van der Waals surface area (Å²) in [5.41, 5.74) is -0.403. The van der Waals surface area contributed by atoms with Gasteiger partial charge in [0.15, 0.2) is 0 Å². The number of carbonyl (C=O) groups is 2. The van der Waals surface area contributed by atoms with Crippen LogP contribution in [0.2, 0.25) is 0 Å². The first kappa shape index (κ1) is 21.3.